The third kappa shape index (κ3) is 4.63. The lowest BCUT2D eigenvalue weighted by molar-refractivity contribution is 0.414. The van der Waals surface area contributed by atoms with Crippen LogP contribution in [-0.2, 0) is 16.3 Å². The molecule has 1 atom stereocenters. The monoisotopic (exact) mass is 376 g/mol. The van der Waals surface area contributed by atoms with E-state index in [1.165, 1.54) is 11.9 Å². The molecule has 0 saturated carbocycles. The summed E-state index contributed by atoms with van der Waals surface area (Å²) in [4.78, 5) is 10.5. The van der Waals surface area contributed by atoms with Crippen LogP contribution < -0.4 is 15.0 Å². The van der Waals surface area contributed by atoms with Crippen LogP contribution in [0.4, 0.5) is 11.6 Å². The van der Waals surface area contributed by atoms with E-state index in [4.69, 9.17) is 4.74 Å². The van der Waals surface area contributed by atoms with E-state index in [9.17, 15) is 8.42 Å². The minimum atomic E-state index is -2.92. The molecule has 1 saturated heterocycles. The van der Waals surface area contributed by atoms with Crippen molar-refractivity contribution in [1.82, 2.24) is 9.97 Å². The minimum Gasteiger partial charge on any atom is -0.497 e. The number of aromatic nitrogens is 2. The van der Waals surface area contributed by atoms with Gasteiger partial charge in [-0.05, 0) is 30.5 Å². The molecule has 7 nitrogen and oxygen atoms in total. The van der Waals surface area contributed by atoms with Gasteiger partial charge in [0.25, 0.3) is 0 Å². The summed E-state index contributed by atoms with van der Waals surface area (Å²) >= 11 is 0. The van der Waals surface area contributed by atoms with Crippen LogP contribution in [0.3, 0.4) is 0 Å². The quantitative estimate of drug-likeness (QED) is 0.788. The fraction of sp³-hybridized carbons (Fsp3) is 0.444. The van der Waals surface area contributed by atoms with Gasteiger partial charge in [0.05, 0.1) is 18.6 Å². The average molecular weight is 376 g/mol. The van der Waals surface area contributed by atoms with Crippen LogP contribution >= 0.6 is 0 Å². The number of hydrogen-bond donors (Lipinski definition) is 1. The topological polar surface area (TPSA) is 84.4 Å². The Morgan fingerprint density at radius 2 is 2.04 bits per heavy atom. The Bertz CT molecular complexity index is 840. The van der Waals surface area contributed by atoms with E-state index in [0.717, 1.165) is 30.4 Å². The van der Waals surface area contributed by atoms with Gasteiger partial charge in [0.2, 0.25) is 0 Å². The predicted octanol–water partition coefficient (Wildman–Crippen LogP) is 1.76. The molecule has 0 spiro atoms. The number of anilines is 2. The van der Waals surface area contributed by atoms with Crippen LogP contribution in [0.2, 0.25) is 0 Å². The standard InChI is InChI=1S/C18H24N4O3S/c1-22(15-8-10-26(23,24)12-15)18-11-17(20-13-21-18)19-9-7-14-3-5-16(25-2)6-4-14/h3-6,11,13,15H,7-10,12H2,1-2H3,(H,19,20,21). The highest BCUT2D eigenvalue weighted by atomic mass is 32.2. The van der Waals surface area contributed by atoms with Crippen molar-refractivity contribution in [3.05, 3.63) is 42.2 Å². The molecule has 0 amide bonds. The van der Waals surface area contributed by atoms with Crippen molar-refractivity contribution < 1.29 is 13.2 Å². The first-order valence-electron chi connectivity index (χ1n) is 8.59. The normalized spacial score (nSPS) is 18.5. The highest BCUT2D eigenvalue weighted by Crippen LogP contribution is 2.22. The number of nitrogens with one attached hydrogen (secondary N) is 1. The lowest BCUT2D eigenvalue weighted by Gasteiger charge is -2.24. The molecular weight excluding hydrogens is 352 g/mol. The van der Waals surface area contributed by atoms with Gasteiger partial charge in [-0.25, -0.2) is 18.4 Å². The van der Waals surface area contributed by atoms with Crippen molar-refractivity contribution in [2.24, 2.45) is 0 Å². The Kier molecular flexibility index (Phi) is 5.61. The fourth-order valence-electron chi connectivity index (χ4n) is 3.03. The summed E-state index contributed by atoms with van der Waals surface area (Å²) in [5, 5.41) is 3.30. The number of ether oxygens (including phenoxy) is 1. The van der Waals surface area contributed by atoms with Gasteiger partial charge in [0, 0.05) is 25.7 Å². The van der Waals surface area contributed by atoms with E-state index in [-0.39, 0.29) is 17.5 Å². The smallest absolute Gasteiger partial charge is 0.152 e. The molecule has 0 aliphatic carbocycles. The maximum Gasteiger partial charge on any atom is 0.152 e. The van der Waals surface area contributed by atoms with Crippen molar-refractivity contribution in [3.63, 3.8) is 0 Å². The second-order valence-electron chi connectivity index (χ2n) is 6.45. The first kappa shape index (κ1) is 18.4. The Labute approximate surface area is 154 Å². The highest BCUT2D eigenvalue weighted by molar-refractivity contribution is 7.91. The summed E-state index contributed by atoms with van der Waals surface area (Å²) in [5.74, 6) is 2.75. The van der Waals surface area contributed by atoms with Crippen molar-refractivity contribution in [1.29, 1.82) is 0 Å². The molecule has 1 fully saturated rings. The number of hydrogen-bond acceptors (Lipinski definition) is 7. The van der Waals surface area contributed by atoms with Crippen molar-refractivity contribution in [3.8, 4) is 5.75 Å². The van der Waals surface area contributed by atoms with Crippen molar-refractivity contribution >= 4 is 21.5 Å². The van der Waals surface area contributed by atoms with E-state index in [2.05, 4.69) is 15.3 Å². The van der Waals surface area contributed by atoms with Crippen molar-refractivity contribution in [2.75, 3.05) is 42.4 Å². The van der Waals surface area contributed by atoms with E-state index in [0.29, 0.717) is 6.42 Å². The van der Waals surface area contributed by atoms with Gasteiger partial charge in [-0.1, -0.05) is 12.1 Å². The Balaban J connectivity index is 1.56. The predicted molar refractivity (Wildman–Crippen MR) is 103 cm³/mol. The summed E-state index contributed by atoms with van der Waals surface area (Å²) < 4.78 is 28.5. The molecule has 3 rings (SSSR count). The zero-order valence-electron chi connectivity index (χ0n) is 15.1. The molecule has 1 unspecified atom stereocenters. The van der Waals surface area contributed by atoms with Gasteiger partial charge in [0.1, 0.15) is 23.7 Å². The number of rotatable bonds is 7. The molecule has 2 heterocycles. The second kappa shape index (κ2) is 7.90. The molecule has 140 valence electrons. The molecule has 2 aromatic rings. The number of nitrogens with zero attached hydrogens (tertiary/aromatic N) is 3. The molecule has 1 aliphatic rings. The summed E-state index contributed by atoms with van der Waals surface area (Å²) in [6.07, 6.45) is 3.01. The third-order valence-corrected chi connectivity index (χ3v) is 6.40. The van der Waals surface area contributed by atoms with Gasteiger partial charge in [-0.2, -0.15) is 0 Å². The Morgan fingerprint density at radius 3 is 2.69 bits per heavy atom. The fourth-order valence-corrected chi connectivity index (χ4v) is 4.81. The van der Waals surface area contributed by atoms with E-state index in [1.54, 1.807) is 7.11 Å². The van der Waals surface area contributed by atoms with Crippen LogP contribution in [0.1, 0.15) is 12.0 Å². The largest absolute Gasteiger partial charge is 0.497 e. The van der Waals surface area contributed by atoms with Gasteiger partial charge in [-0.3, -0.25) is 0 Å². The van der Waals surface area contributed by atoms with Gasteiger partial charge >= 0.3 is 0 Å². The molecule has 1 aromatic heterocycles. The van der Waals surface area contributed by atoms with Crippen LogP contribution in [0, 0.1) is 0 Å². The summed E-state index contributed by atoms with van der Waals surface area (Å²) in [6.45, 7) is 0.740. The van der Waals surface area contributed by atoms with Gasteiger partial charge < -0.3 is 15.0 Å². The average Bonchev–Trinajstić information content (AvgIpc) is 3.02. The van der Waals surface area contributed by atoms with Gasteiger partial charge in [-0.15, -0.1) is 0 Å². The number of methoxy groups -OCH3 is 1. The maximum absolute atomic E-state index is 11.7. The zero-order chi connectivity index (χ0) is 18.6. The highest BCUT2D eigenvalue weighted by Gasteiger charge is 2.31. The molecule has 1 aliphatic heterocycles. The molecule has 0 bridgehead atoms. The molecule has 1 N–H and O–H groups in total. The number of sulfone groups is 1. The van der Waals surface area contributed by atoms with Crippen LogP contribution in [0.5, 0.6) is 5.75 Å². The summed E-state index contributed by atoms with van der Waals surface area (Å²) in [7, 11) is 0.620. The molecule has 0 radical (unpaired) electrons. The van der Waals surface area contributed by atoms with Crippen LogP contribution in [0.15, 0.2) is 36.7 Å². The molecule has 8 heteroatoms. The lowest BCUT2D eigenvalue weighted by atomic mass is 10.1. The second-order valence-corrected chi connectivity index (χ2v) is 8.68. The number of benzene rings is 1. The van der Waals surface area contributed by atoms with Crippen LogP contribution in [0.25, 0.3) is 0 Å². The summed E-state index contributed by atoms with van der Waals surface area (Å²) in [6, 6.07) is 9.81. The third-order valence-electron chi connectivity index (χ3n) is 4.65. The lowest BCUT2D eigenvalue weighted by Crippen LogP contribution is -2.33. The van der Waals surface area contributed by atoms with Crippen molar-refractivity contribution in [2.45, 2.75) is 18.9 Å². The zero-order valence-corrected chi connectivity index (χ0v) is 15.9. The Hall–Kier alpha value is -2.35. The minimum absolute atomic E-state index is 0.0259. The molecule has 1 aromatic carbocycles. The van der Waals surface area contributed by atoms with E-state index >= 15 is 0 Å². The summed E-state index contributed by atoms with van der Waals surface area (Å²) in [5.41, 5.74) is 1.21. The Morgan fingerprint density at radius 1 is 1.27 bits per heavy atom. The first-order chi connectivity index (χ1) is 12.5. The van der Waals surface area contributed by atoms with E-state index < -0.39 is 9.84 Å². The SMILES string of the molecule is COc1ccc(CCNc2cc(N(C)C3CCS(=O)(=O)C3)ncn2)cc1. The molecular formula is C18H24N4O3S. The van der Waals surface area contributed by atoms with E-state index in [1.807, 2.05) is 42.3 Å². The maximum atomic E-state index is 11.7. The van der Waals surface area contributed by atoms with Crippen LogP contribution in [-0.4, -0.2) is 56.6 Å². The first-order valence-corrected chi connectivity index (χ1v) is 10.4. The molecule has 26 heavy (non-hydrogen) atoms. The van der Waals surface area contributed by atoms with Gasteiger partial charge in [0.15, 0.2) is 9.84 Å².